The largest absolute Gasteiger partial charge is 0.379 e. The van der Waals surface area contributed by atoms with Gasteiger partial charge in [0.1, 0.15) is 0 Å². The summed E-state index contributed by atoms with van der Waals surface area (Å²) in [5.41, 5.74) is 0. The van der Waals surface area contributed by atoms with Crippen LogP contribution in [0.3, 0.4) is 0 Å². The Morgan fingerprint density at radius 1 is 1.22 bits per heavy atom. The summed E-state index contributed by atoms with van der Waals surface area (Å²) < 4.78 is 29.7. The van der Waals surface area contributed by atoms with Crippen LogP contribution in [-0.2, 0) is 14.6 Å². The van der Waals surface area contributed by atoms with Crippen LogP contribution in [-0.4, -0.2) is 51.4 Å². The van der Waals surface area contributed by atoms with E-state index in [0.717, 1.165) is 13.1 Å². The second-order valence-electron chi connectivity index (χ2n) is 4.59. The van der Waals surface area contributed by atoms with Gasteiger partial charge in [0.25, 0.3) is 0 Å². The first-order valence-corrected chi connectivity index (χ1v) is 7.84. The summed E-state index contributed by atoms with van der Waals surface area (Å²) in [5, 5.41) is 0. The Morgan fingerprint density at radius 3 is 2.44 bits per heavy atom. The third-order valence-electron chi connectivity index (χ3n) is 3.23. The van der Waals surface area contributed by atoms with Gasteiger partial charge in [-0.05, 0) is 19.1 Å². The molecule has 1 saturated heterocycles. The van der Waals surface area contributed by atoms with Crippen molar-refractivity contribution in [3.8, 4) is 0 Å². The predicted octanol–water partition coefficient (Wildman–Crippen LogP) is 1.18. The number of ether oxygens (including phenoxy) is 1. The monoisotopic (exact) mass is 269 g/mol. The van der Waals surface area contributed by atoms with E-state index in [1.807, 2.05) is 13.0 Å². The summed E-state index contributed by atoms with van der Waals surface area (Å²) in [6.45, 7) is 4.97. The van der Waals surface area contributed by atoms with Gasteiger partial charge in [0, 0.05) is 19.1 Å². The molecule has 100 valence electrons. The lowest BCUT2D eigenvalue weighted by atomic mass is 10.3. The zero-order chi connectivity index (χ0) is 13.0. The maximum Gasteiger partial charge on any atom is 0.179 e. The van der Waals surface area contributed by atoms with E-state index < -0.39 is 9.84 Å². The standard InChI is InChI=1S/C13H19NO3S/c1-12(14-7-9-17-10-8-14)11-18(15,16)13-5-3-2-4-6-13/h2-6,12H,7-11H2,1H3/t12-/m0/s1. The second kappa shape index (κ2) is 5.82. The molecule has 1 heterocycles. The Balaban J connectivity index is 2.04. The summed E-state index contributed by atoms with van der Waals surface area (Å²) >= 11 is 0. The quantitative estimate of drug-likeness (QED) is 0.823. The van der Waals surface area contributed by atoms with Gasteiger partial charge in [0.15, 0.2) is 9.84 Å². The fraction of sp³-hybridized carbons (Fsp3) is 0.538. The number of rotatable bonds is 4. The minimum atomic E-state index is -3.19. The third kappa shape index (κ3) is 3.31. The molecule has 1 aromatic carbocycles. The Kier molecular flexibility index (Phi) is 4.37. The Labute approximate surface area is 108 Å². The fourth-order valence-electron chi connectivity index (χ4n) is 2.17. The van der Waals surface area contributed by atoms with Crippen molar-refractivity contribution in [3.63, 3.8) is 0 Å². The highest BCUT2D eigenvalue weighted by Gasteiger charge is 2.23. The van der Waals surface area contributed by atoms with Crippen molar-refractivity contribution < 1.29 is 13.2 Å². The molecular formula is C13H19NO3S. The molecule has 0 unspecified atom stereocenters. The molecule has 0 saturated carbocycles. The lowest BCUT2D eigenvalue weighted by Gasteiger charge is -2.32. The maximum atomic E-state index is 12.2. The molecule has 1 aliphatic heterocycles. The first kappa shape index (κ1) is 13.5. The molecule has 0 aromatic heterocycles. The highest BCUT2D eigenvalue weighted by Crippen LogP contribution is 2.14. The lowest BCUT2D eigenvalue weighted by Crippen LogP contribution is -2.45. The first-order chi connectivity index (χ1) is 8.59. The average molecular weight is 269 g/mol. The van der Waals surface area contributed by atoms with Crippen molar-refractivity contribution >= 4 is 9.84 Å². The Hall–Kier alpha value is -0.910. The zero-order valence-electron chi connectivity index (χ0n) is 10.6. The minimum absolute atomic E-state index is 0.0270. The van der Waals surface area contributed by atoms with Crippen LogP contribution in [0.15, 0.2) is 35.2 Å². The van der Waals surface area contributed by atoms with E-state index in [1.54, 1.807) is 24.3 Å². The van der Waals surface area contributed by atoms with Crippen LogP contribution in [0.1, 0.15) is 6.92 Å². The molecule has 0 amide bonds. The van der Waals surface area contributed by atoms with Crippen LogP contribution in [0.25, 0.3) is 0 Å². The zero-order valence-corrected chi connectivity index (χ0v) is 11.4. The lowest BCUT2D eigenvalue weighted by molar-refractivity contribution is 0.0243. The molecule has 5 heteroatoms. The summed E-state index contributed by atoms with van der Waals surface area (Å²) in [4.78, 5) is 2.58. The molecule has 2 rings (SSSR count). The molecule has 0 aliphatic carbocycles. The molecule has 0 bridgehead atoms. The van der Waals surface area contributed by atoms with Crippen molar-refractivity contribution in [2.75, 3.05) is 32.1 Å². The van der Waals surface area contributed by atoms with Crippen molar-refractivity contribution in [2.45, 2.75) is 17.9 Å². The van der Waals surface area contributed by atoms with Crippen molar-refractivity contribution in [3.05, 3.63) is 30.3 Å². The number of morpholine rings is 1. The topological polar surface area (TPSA) is 46.6 Å². The van der Waals surface area contributed by atoms with E-state index in [-0.39, 0.29) is 11.8 Å². The van der Waals surface area contributed by atoms with Gasteiger partial charge in [-0.25, -0.2) is 8.42 Å². The maximum absolute atomic E-state index is 12.2. The Morgan fingerprint density at radius 2 is 1.83 bits per heavy atom. The van der Waals surface area contributed by atoms with Crippen molar-refractivity contribution in [1.82, 2.24) is 4.90 Å². The second-order valence-corrected chi connectivity index (χ2v) is 6.63. The smallest absolute Gasteiger partial charge is 0.179 e. The summed E-state index contributed by atoms with van der Waals surface area (Å²) in [6, 6.07) is 8.67. The van der Waals surface area contributed by atoms with Gasteiger partial charge in [0.2, 0.25) is 0 Å². The van der Waals surface area contributed by atoms with Crippen molar-refractivity contribution in [2.24, 2.45) is 0 Å². The van der Waals surface area contributed by atoms with Gasteiger partial charge in [0.05, 0.1) is 23.9 Å². The summed E-state index contributed by atoms with van der Waals surface area (Å²) in [5.74, 6) is 0.164. The number of hydrogen-bond acceptors (Lipinski definition) is 4. The van der Waals surface area contributed by atoms with E-state index in [1.165, 1.54) is 0 Å². The van der Waals surface area contributed by atoms with Gasteiger partial charge in [-0.3, -0.25) is 4.90 Å². The molecule has 0 spiro atoms. The highest BCUT2D eigenvalue weighted by molar-refractivity contribution is 7.91. The molecule has 0 N–H and O–H groups in total. The van der Waals surface area contributed by atoms with Gasteiger partial charge in [-0.15, -0.1) is 0 Å². The molecule has 1 atom stereocenters. The van der Waals surface area contributed by atoms with Crippen LogP contribution >= 0.6 is 0 Å². The average Bonchev–Trinajstić information content (AvgIpc) is 2.40. The molecule has 0 radical (unpaired) electrons. The number of benzene rings is 1. The molecule has 1 aliphatic rings. The highest BCUT2D eigenvalue weighted by atomic mass is 32.2. The van der Waals surface area contributed by atoms with Gasteiger partial charge in [-0.1, -0.05) is 18.2 Å². The van der Waals surface area contributed by atoms with Crippen LogP contribution in [0.5, 0.6) is 0 Å². The van der Waals surface area contributed by atoms with Crippen LogP contribution < -0.4 is 0 Å². The van der Waals surface area contributed by atoms with Gasteiger partial charge in [-0.2, -0.15) is 0 Å². The summed E-state index contributed by atoms with van der Waals surface area (Å²) in [6.07, 6.45) is 0. The van der Waals surface area contributed by atoms with E-state index in [4.69, 9.17) is 4.74 Å². The predicted molar refractivity (Wildman–Crippen MR) is 70.3 cm³/mol. The van der Waals surface area contributed by atoms with Crippen LogP contribution in [0.4, 0.5) is 0 Å². The molecular weight excluding hydrogens is 250 g/mol. The molecule has 1 fully saturated rings. The van der Waals surface area contributed by atoms with E-state index >= 15 is 0 Å². The normalized spacial score (nSPS) is 19.6. The Bertz CT molecular complexity index is 466. The van der Waals surface area contributed by atoms with Gasteiger partial charge < -0.3 is 4.74 Å². The SMILES string of the molecule is C[C@@H](CS(=O)(=O)c1ccccc1)N1CCOCC1. The summed E-state index contributed by atoms with van der Waals surface area (Å²) in [7, 11) is -3.19. The van der Waals surface area contributed by atoms with E-state index in [2.05, 4.69) is 4.90 Å². The van der Waals surface area contributed by atoms with Crippen molar-refractivity contribution in [1.29, 1.82) is 0 Å². The molecule has 4 nitrogen and oxygen atoms in total. The van der Waals surface area contributed by atoms with Crippen LogP contribution in [0, 0.1) is 0 Å². The molecule has 18 heavy (non-hydrogen) atoms. The minimum Gasteiger partial charge on any atom is -0.379 e. The molecule has 1 aromatic rings. The fourth-order valence-corrected chi connectivity index (χ4v) is 3.78. The number of nitrogens with zero attached hydrogens (tertiary/aromatic N) is 1. The van der Waals surface area contributed by atoms with E-state index in [0.29, 0.717) is 18.1 Å². The third-order valence-corrected chi connectivity index (χ3v) is 5.14. The van der Waals surface area contributed by atoms with Crippen LogP contribution in [0.2, 0.25) is 0 Å². The van der Waals surface area contributed by atoms with Gasteiger partial charge >= 0.3 is 0 Å². The number of hydrogen-bond donors (Lipinski definition) is 0. The number of sulfone groups is 1. The first-order valence-electron chi connectivity index (χ1n) is 6.19. The van der Waals surface area contributed by atoms with E-state index in [9.17, 15) is 8.42 Å².